The molecule has 5 rings (SSSR count). The third-order valence-electron chi connectivity index (χ3n) is 5.69. The molecule has 3 aromatic heterocycles. The van der Waals surface area contributed by atoms with Crippen LogP contribution in [0.3, 0.4) is 0 Å². The van der Waals surface area contributed by atoms with Crippen LogP contribution in [0.1, 0.15) is 28.5 Å². The number of halogens is 1. The molecule has 0 unspecified atom stereocenters. The molecule has 0 spiro atoms. The quantitative estimate of drug-likeness (QED) is 0.351. The Morgan fingerprint density at radius 3 is 2.65 bits per heavy atom. The number of carbonyl (C=O) groups excluding carboxylic acids is 1. The zero-order valence-electron chi connectivity index (χ0n) is 18.9. The topological polar surface area (TPSA) is 77.6 Å². The molecule has 0 saturated heterocycles. The van der Waals surface area contributed by atoms with Gasteiger partial charge in [0.05, 0.1) is 40.9 Å². The molecule has 0 radical (unpaired) electrons. The molecule has 5 aromatic rings. The average molecular weight is 471 g/mol. The number of aryl methyl sites for hydroxylation is 2. The lowest BCUT2D eigenvalue weighted by atomic mass is 10.0. The zero-order valence-corrected chi connectivity index (χ0v) is 19.6. The van der Waals surface area contributed by atoms with Crippen LogP contribution in [-0.4, -0.2) is 30.5 Å². The number of aromatic nitrogens is 5. The first-order valence-electron chi connectivity index (χ1n) is 11.0. The minimum absolute atomic E-state index is 0.224. The van der Waals surface area contributed by atoms with E-state index in [1.54, 1.807) is 17.1 Å². The van der Waals surface area contributed by atoms with Crippen LogP contribution in [0, 0.1) is 6.92 Å². The fourth-order valence-electron chi connectivity index (χ4n) is 3.95. The Bertz CT molecular complexity index is 1500. The highest BCUT2D eigenvalue weighted by molar-refractivity contribution is 6.31. The van der Waals surface area contributed by atoms with Gasteiger partial charge in [0.15, 0.2) is 0 Å². The maximum absolute atomic E-state index is 13.4. The lowest BCUT2D eigenvalue weighted by Crippen LogP contribution is -2.13. The predicted molar refractivity (Wildman–Crippen MR) is 134 cm³/mol. The second-order valence-electron chi connectivity index (χ2n) is 8.03. The van der Waals surface area contributed by atoms with Crippen LogP contribution < -0.4 is 5.32 Å². The summed E-state index contributed by atoms with van der Waals surface area (Å²) in [5.74, 6) is -0.224. The number of rotatable bonds is 6. The van der Waals surface area contributed by atoms with Gasteiger partial charge in [0.1, 0.15) is 0 Å². The molecule has 170 valence electrons. The summed E-state index contributed by atoms with van der Waals surface area (Å²) in [6, 6.07) is 17.1. The van der Waals surface area contributed by atoms with E-state index in [0.717, 1.165) is 40.0 Å². The number of nitrogens with zero attached hydrogens (tertiary/aromatic N) is 5. The van der Waals surface area contributed by atoms with Crippen LogP contribution in [0.4, 0.5) is 5.69 Å². The lowest BCUT2D eigenvalue weighted by Gasteiger charge is -2.09. The number of hydrogen-bond acceptors (Lipinski definition) is 4. The van der Waals surface area contributed by atoms with Crippen LogP contribution >= 0.6 is 11.6 Å². The van der Waals surface area contributed by atoms with Crippen LogP contribution in [0.5, 0.6) is 0 Å². The molecular weight excluding hydrogens is 448 g/mol. The van der Waals surface area contributed by atoms with Crippen molar-refractivity contribution in [2.45, 2.75) is 26.9 Å². The van der Waals surface area contributed by atoms with Gasteiger partial charge in [-0.3, -0.25) is 14.2 Å². The highest BCUT2D eigenvalue weighted by atomic mass is 35.5. The fraction of sp³-hybridized carbons (Fsp3) is 0.154. The first kappa shape index (κ1) is 21.9. The number of pyridine rings is 1. The normalized spacial score (nSPS) is 11.1. The van der Waals surface area contributed by atoms with E-state index in [2.05, 4.69) is 15.5 Å². The number of para-hydroxylation sites is 1. The van der Waals surface area contributed by atoms with E-state index in [1.807, 2.05) is 79.3 Å². The summed E-state index contributed by atoms with van der Waals surface area (Å²) in [4.78, 5) is 18.2. The van der Waals surface area contributed by atoms with E-state index >= 15 is 0 Å². The molecule has 34 heavy (non-hydrogen) atoms. The highest BCUT2D eigenvalue weighted by Crippen LogP contribution is 2.27. The van der Waals surface area contributed by atoms with E-state index < -0.39 is 0 Å². The summed E-state index contributed by atoms with van der Waals surface area (Å²) in [7, 11) is 0. The largest absolute Gasteiger partial charge is 0.319 e. The monoisotopic (exact) mass is 470 g/mol. The minimum Gasteiger partial charge on any atom is -0.319 e. The Balaban J connectivity index is 1.46. The average Bonchev–Trinajstić information content (AvgIpc) is 3.45. The van der Waals surface area contributed by atoms with E-state index in [9.17, 15) is 4.79 Å². The van der Waals surface area contributed by atoms with E-state index in [0.29, 0.717) is 22.8 Å². The maximum atomic E-state index is 13.4. The van der Waals surface area contributed by atoms with Crippen LogP contribution in [-0.2, 0) is 13.1 Å². The van der Waals surface area contributed by atoms with Crippen molar-refractivity contribution < 1.29 is 4.79 Å². The van der Waals surface area contributed by atoms with Crippen LogP contribution in [0.25, 0.3) is 22.2 Å². The molecule has 0 saturated carbocycles. The van der Waals surface area contributed by atoms with Crippen molar-refractivity contribution in [3.63, 3.8) is 0 Å². The standard InChI is InChI=1S/C26H23ClN6O/c1-3-32-16-22(17(2)31-32)25-12-21(20-9-5-7-11-24(20)30-25)26(34)29-19-13-28-33(15-19)14-18-8-4-6-10-23(18)27/h4-13,15-16H,3,14H2,1-2H3,(H,29,34). The fourth-order valence-corrected chi connectivity index (χ4v) is 4.14. The molecule has 0 aliphatic carbocycles. The second kappa shape index (κ2) is 9.11. The molecule has 7 nitrogen and oxygen atoms in total. The van der Waals surface area contributed by atoms with Crippen molar-refractivity contribution in [1.29, 1.82) is 0 Å². The Morgan fingerprint density at radius 2 is 1.85 bits per heavy atom. The van der Waals surface area contributed by atoms with Gasteiger partial charge in [-0.2, -0.15) is 10.2 Å². The summed E-state index contributed by atoms with van der Waals surface area (Å²) < 4.78 is 3.62. The number of benzene rings is 2. The van der Waals surface area contributed by atoms with Gasteiger partial charge >= 0.3 is 0 Å². The van der Waals surface area contributed by atoms with Gasteiger partial charge in [0, 0.05) is 34.9 Å². The highest BCUT2D eigenvalue weighted by Gasteiger charge is 2.17. The van der Waals surface area contributed by atoms with Crippen molar-refractivity contribution in [3.05, 3.63) is 95.0 Å². The number of anilines is 1. The third-order valence-corrected chi connectivity index (χ3v) is 6.06. The minimum atomic E-state index is -0.224. The smallest absolute Gasteiger partial charge is 0.256 e. The van der Waals surface area contributed by atoms with Crippen LogP contribution in [0.15, 0.2) is 73.2 Å². The number of amides is 1. The summed E-state index contributed by atoms with van der Waals surface area (Å²) in [6.07, 6.45) is 5.39. The Kier molecular flexibility index (Phi) is 5.86. The van der Waals surface area contributed by atoms with Crippen molar-refractivity contribution >= 4 is 34.1 Å². The molecule has 0 aliphatic heterocycles. The summed E-state index contributed by atoms with van der Waals surface area (Å²) in [6.45, 7) is 5.26. The van der Waals surface area contributed by atoms with E-state index in [1.165, 1.54) is 0 Å². The summed E-state index contributed by atoms with van der Waals surface area (Å²) in [5.41, 5.74) is 5.36. The molecule has 0 bridgehead atoms. The van der Waals surface area contributed by atoms with Gasteiger partial charge in [-0.15, -0.1) is 0 Å². The SMILES string of the molecule is CCn1cc(-c2cc(C(=O)Nc3cnn(Cc4ccccc4Cl)c3)c3ccccc3n2)c(C)n1. The molecule has 3 heterocycles. The molecule has 8 heteroatoms. The molecule has 1 amide bonds. The molecule has 2 aromatic carbocycles. The first-order valence-corrected chi connectivity index (χ1v) is 11.4. The van der Waals surface area contributed by atoms with Crippen LogP contribution in [0.2, 0.25) is 5.02 Å². The van der Waals surface area contributed by atoms with Gasteiger partial charge < -0.3 is 5.32 Å². The van der Waals surface area contributed by atoms with Gasteiger partial charge in [-0.05, 0) is 37.6 Å². The molecular formula is C26H23ClN6O. The van der Waals surface area contributed by atoms with E-state index in [4.69, 9.17) is 16.6 Å². The number of nitrogens with one attached hydrogen (secondary N) is 1. The summed E-state index contributed by atoms with van der Waals surface area (Å²) in [5, 5.41) is 13.3. The third kappa shape index (κ3) is 4.30. The van der Waals surface area contributed by atoms with Crippen molar-refractivity contribution in [3.8, 4) is 11.3 Å². The second-order valence-corrected chi connectivity index (χ2v) is 8.44. The Morgan fingerprint density at radius 1 is 1.06 bits per heavy atom. The first-order chi connectivity index (χ1) is 16.5. The zero-order chi connectivity index (χ0) is 23.7. The molecule has 0 aliphatic rings. The Labute approximate surface area is 202 Å². The lowest BCUT2D eigenvalue weighted by molar-refractivity contribution is 0.102. The van der Waals surface area contributed by atoms with Crippen molar-refractivity contribution in [1.82, 2.24) is 24.5 Å². The number of hydrogen-bond donors (Lipinski definition) is 1. The van der Waals surface area contributed by atoms with Gasteiger partial charge in [0.25, 0.3) is 5.91 Å². The number of fused-ring (bicyclic) bond motifs is 1. The van der Waals surface area contributed by atoms with Gasteiger partial charge in [-0.1, -0.05) is 48.0 Å². The van der Waals surface area contributed by atoms with Gasteiger partial charge in [-0.25, -0.2) is 4.98 Å². The van der Waals surface area contributed by atoms with Crippen molar-refractivity contribution in [2.75, 3.05) is 5.32 Å². The maximum Gasteiger partial charge on any atom is 0.256 e. The molecule has 0 atom stereocenters. The van der Waals surface area contributed by atoms with E-state index in [-0.39, 0.29) is 5.91 Å². The van der Waals surface area contributed by atoms with Crippen molar-refractivity contribution in [2.24, 2.45) is 0 Å². The predicted octanol–water partition coefficient (Wildman–Crippen LogP) is 5.58. The van der Waals surface area contributed by atoms with Gasteiger partial charge in [0.2, 0.25) is 0 Å². The Hall–Kier alpha value is -3.97. The molecule has 0 fully saturated rings. The molecule has 1 N–H and O–H groups in total. The number of carbonyl (C=O) groups is 1. The summed E-state index contributed by atoms with van der Waals surface area (Å²) >= 11 is 6.27.